The highest BCUT2D eigenvalue weighted by Crippen LogP contribution is 2.30. The first-order chi connectivity index (χ1) is 10.1. The highest BCUT2D eigenvalue weighted by atomic mass is 15.1. The van der Waals surface area contributed by atoms with Crippen LogP contribution in [0.4, 0.5) is 0 Å². The van der Waals surface area contributed by atoms with E-state index in [1.54, 1.807) is 0 Å². The average Bonchev–Trinajstić information content (AvgIpc) is 2.79. The van der Waals surface area contributed by atoms with Gasteiger partial charge < -0.3 is 0 Å². The van der Waals surface area contributed by atoms with E-state index in [0.717, 1.165) is 0 Å². The zero-order valence-electron chi connectivity index (χ0n) is 12.9. The van der Waals surface area contributed by atoms with E-state index in [2.05, 4.69) is 79.4 Å². The number of imidazole rings is 1. The van der Waals surface area contributed by atoms with Crippen LogP contribution in [0.15, 0.2) is 42.6 Å². The van der Waals surface area contributed by atoms with Gasteiger partial charge in [0.05, 0.1) is 12.4 Å². The van der Waals surface area contributed by atoms with Crippen molar-refractivity contribution in [3.8, 4) is 0 Å². The minimum atomic E-state index is 1.27. The van der Waals surface area contributed by atoms with Crippen LogP contribution < -0.4 is 4.40 Å². The molecule has 0 saturated carbocycles. The summed E-state index contributed by atoms with van der Waals surface area (Å²) in [6.45, 7) is 6.59. The van der Waals surface area contributed by atoms with Gasteiger partial charge >= 0.3 is 0 Å². The van der Waals surface area contributed by atoms with Crippen molar-refractivity contribution >= 4 is 27.3 Å². The number of pyridine rings is 1. The normalized spacial score (nSPS) is 11.8. The van der Waals surface area contributed by atoms with Gasteiger partial charge in [-0.05, 0) is 31.0 Å². The zero-order chi connectivity index (χ0) is 14.7. The predicted octanol–water partition coefficient (Wildman–Crippen LogP) is 4.00. The lowest BCUT2D eigenvalue weighted by Gasteiger charge is -2.09. The van der Waals surface area contributed by atoms with Crippen LogP contribution in [-0.4, -0.2) is 4.57 Å². The Labute approximate surface area is 124 Å². The van der Waals surface area contributed by atoms with Gasteiger partial charge in [-0.25, -0.2) is 4.57 Å². The van der Waals surface area contributed by atoms with Crippen molar-refractivity contribution in [1.82, 2.24) is 4.57 Å². The van der Waals surface area contributed by atoms with Crippen LogP contribution in [0.5, 0.6) is 0 Å². The van der Waals surface area contributed by atoms with Crippen LogP contribution in [0.2, 0.25) is 0 Å². The summed E-state index contributed by atoms with van der Waals surface area (Å²) in [5.74, 6) is 0. The Kier molecular flexibility index (Phi) is 2.41. The molecule has 0 unspecified atom stereocenters. The second-order valence-electron chi connectivity index (χ2n) is 5.97. The number of benzene rings is 2. The third-order valence-corrected chi connectivity index (χ3v) is 4.80. The van der Waals surface area contributed by atoms with Crippen molar-refractivity contribution in [3.05, 3.63) is 59.4 Å². The van der Waals surface area contributed by atoms with Crippen LogP contribution >= 0.6 is 0 Å². The second kappa shape index (κ2) is 4.08. The van der Waals surface area contributed by atoms with Gasteiger partial charge in [0.2, 0.25) is 0 Å². The van der Waals surface area contributed by atoms with Crippen LogP contribution in [0, 0.1) is 20.8 Å². The largest absolute Gasteiger partial charge is 0.294 e. The van der Waals surface area contributed by atoms with Gasteiger partial charge in [-0.2, -0.15) is 4.40 Å². The first-order valence-corrected chi connectivity index (χ1v) is 7.38. The standard InChI is InChI=1S/C19H19N2/c1-12-9-10-16-15-7-5-6-8-17(15)21-11-13(2)20(4)19(21)18(16)14(12)3/h5-11H,1-4H3/q+1. The number of nitrogens with zero attached hydrogens (tertiary/aromatic N) is 2. The van der Waals surface area contributed by atoms with Gasteiger partial charge in [-0.15, -0.1) is 0 Å². The third kappa shape index (κ3) is 1.50. The summed E-state index contributed by atoms with van der Waals surface area (Å²) in [6.07, 6.45) is 2.24. The summed E-state index contributed by atoms with van der Waals surface area (Å²) in [6, 6.07) is 13.2. The topological polar surface area (TPSA) is 9.03 Å². The lowest BCUT2D eigenvalue weighted by Crippen LogP contribution is -2.21. The Morgan fingerprint density at radius 2 is 1.67 bits per heavy atom. The van der Waals surface area contributed by atoms with E-state index in [0.29, 0.717) is 0 Å². The van der Waals surface area contributed by atoms with Gasteiger partial charge in [-0.1, -0.05) is 30.3 Å². The Morgan fingerprint density at radius 3 is 2.48 bits per heavy atom. The summed E-state index contributed by atoms with van der Waals surface area (Å²) < 4.78 is 4.63. The fourth-order valence-corrected chi connectivity index (χ4v) is 3.37. The quantitative estimate of drug-likeness (QED) is 0.339. The van der Waals surface area contributed by atoms with E-state index >= 15 is 0 Å². The van der Waals surface area contributed by atoms with Gasteiger partial charge in [-0.3, -0.25) is 0 Å². The van der Waals surface area contributed by atoms with Crippen molar-refractivity contribution in [2.24, 2.45) is 7.05 Å². The maximum Gasteiger partial charge on any atom is 0.294 e. The number of para-hydroxylation sites is 1. The predicted molar refractivity (Wildman–Crippen MR) is 87.8 cm³/mol. The van der Waals surface area contributed by atoms with Crippen molar-refractivity contribution in [3.63, 3.8) is 0 Å². The summed E-state index contributed by atoms with van der Waals surface area (Å²) in [7, 11) is 2.15. The van der Waals surface area contributed by atoms with Crippen LogP contribution in [0.3, 0.4) is 0 Å². The zero-order valence-corrected chi connectivity index (χ0v) is 12.9. The highest BCUT2D eigenvalue weighted by Gasteiger charge is 2.21. The Morgan fingerprint density at radius 1 is 0.905 bits per heavy atom. The highest BCUT2D eigenvalue weighted by molar-refractivity contribution is 6.10. The van der Waals surface area contributed by atoms with E-state index < -0.39 is 0 Å². The molecular weight excluding hydrogens is 256 g/mol. The molecule has 2 aromatic heterocycles. The Hall–Kier alpha value is -2.35. The molecule has 2 heteroatoms. The summed E-state index contributed by atoms with van der Waals surface area (Å²) in [5, 5.41) is 4.03. The molecule has 104 valence electrons. The first-order valence-electron chi connectivity index (χ1n) is 7.38. The van der Waals surface area contributed by atoms with Crippen LogP contribution in [0.25, 0.3) is 27.3 Å². The fraction of sp³-hybridized carbons (Fsp3) is 0.211. The van der Waals surface area contributed by atoms with Crippen molar-refractivity contribution in [2.45, 2.75) is 20.8 Å². The minimum absolute atomic E-state index is 1.27. The molecule has 0 saturated heterocycles. The van der Waals surface area contributed by atoms with E-state index in [9.17, 15) is 0 Å². The van der Waals surface area contributed by atoms with Crippen molar-refractivity contribution in [1.29, 1.82) is 0 Å². The van der Waals surface area contributed by atoms with Gasteiger partial charge in [0, 0.05) is 17.7 Å². The number of aryl methyl sites for hydroxylation is 4. The molecule has 2 aromatic carbocycles. The molecule has 0 aliphatic carbocycles. The molecule has 0 spiro atoms. The summed E-state index contributed by atoms with van der Waals surface area (Å²) in [5.41, 5.74) is 6.54. The lowest BCUT2D eigenvalue weighted by molar-refractivity contribution is -0.479. The molecule has 4 rings (SSSR count). The molecule has 0 fully saturated rings. The molecule has 0 amide bonds. The maximum absolute atomic E-state index is 2.33. The average molecular weight is 275 g/mol. The minimum Gasteiger partial charge on any atom is -0.230 e. The molecule has 2 heterocycles. The van der Waals surface area contributed by atoms with E-state index in [4.69, 9.17) is 0 Å². The smallest absolute Gasteiger partial charge is 0.230 e. The van der Waals surface area contributed by atoms with Gasteiger partial charge in [0.25, 0.3) is 5.65 Å². The van der Waals surface area contributed by atoms with E-state index in [-0.39, 0.29) is 0 Å². The molecule has 0 radical (unpaired) electrons. The summed E-state index contributed by atoms with van der Waals surface area (Å²) in [4.78, 5) is 0. The van der Waals surface area contributed by atoms with Crippen LogP contribution in [-0.2, 0) is 7.05 Å². The van der Waals surface area contributed by atoms with Gasteiger partial charge in [0.15, 0.2) is 0 Å². The maximum atomic E-state index is 2.33. The fourth-order valence-electron chi connectivity index (χ4n) is 3.37. The number of aromatic nitrogens is 2. The Bertz CT molecular complexity index is 1020. The van der Waals surface area contributed by atoms with Crippen molar-refractivity contribution < 1.29 is 4.40 Å². The molecule has 0 aliphatic heterocycles. The lowest BCUT2D eigenvalue weighted by atomic mass is 9.98. The molecule has 21 heavy (non-hydrogen) atoms. The monoisotopic (exact) mass is 275 g/mol. The number of hydrogen-bond donors (Lipinski definition) is 0. The number of rotatable bonds is 0. The van der Waals surface area contributed by atoms with Gasteiger partial charge in [0.1, 0.15) is 17.4 Å². The number of fused-ring (bicyclic) bond motifs is 6. The molecule has 0 N–H and O–H groups in total. The third-order valence-electron chi connectivity index (χ3n) is 4.80. The van der Waals surface area contributed by atoms with E-state index in [1.165, 1.54) is 44.1 Å². The second-order valence-corrected chi connectivity index (χ2v) is 5.97. The first kappa shape index (κ1) is 12.4. The Balaban J connectivity index is 2.48. The van der Waals surface area contributed by atoms with Crippen molar-refractivity contribution in [2.75, 3.05) is 0 Å². The van der Waals surface area contributed by atoms with Crippen LogP contribution in [0.1, 0.15) is 16.8 Å². The molecule has 0 aliphatic rings. The van der Waals surface area contributed by atoms with E-state index in [1.807, 2.05) is 0 Å². The SMILES string of the molecule is Cc1ccc2c3ccccc3[n+]3cc(C)n(C)c3c2c1C. The molecule has 0 bridgehead atoms. The molecule has 2 nitrogen and oxygen atoms in total. The molecule has 0 atom stereocenters. The molecular formula is C19H19N2+. The molecule has 4 aromatic rings. The summed E-state index contributed by atoms with van der Waals surface area (Å²) >= 11 is 0. The number of hydrogen-bond acceptors (Lipinski definition) is 0.